The third kappa shape index (κ3) is 3.89. The van der Waals surface area contributed by atoms with Crippen LogP contribution in [0.4, 0.5) is 18.9 Å². The van der Waals surface area contributed by atoms with Gasteiger partial charge in [-0.05, 0) is 30.7 Å². The molecule has 3 rings (SSSR count). The van der Waals surface area contributed by atoms with E-state index in [1.165, 1.54) is 12.3 Å². The number of pyridine rings is 2. The summed E-state index contributed by atoms with van der Waals surface area (Å²) in [4.78, 5) is 30.8. The molecule has 0 atom stereocenters. The summed E-state index contributed by atoms with van der Waals surface area (Å²) in [6.45, 7) is 1.62. The highest BCUT2D eigenvalue weighted by Crippen LogP contribution is 2.29. The Kier molecular flexibility index (Phi) is 4.80. The fourth-order valence-corrected chi connectivity index (χ4v) is 2.45. The molecular weight excluding hydrogens is 363 g/mol. The van der Waals surface area contributed by atoms with E-state index in [0.717, 1.165) is 10.2 Å². The van der Waals surface area contributed by atoms with Gasteiger partial charge in [0, 0.05) is 36.8 Å². The Morgan fingerprint density at radius 3 is 2.56 bits per heavy atom. The van der Waals surface area contributed by atoms with Crippen LogP contribution in [-0.4, -0.2) is 25.7 Å². The molecule has 0 aliphatic heterocycles. The predicted octanol–water partition coefficient (Wildman–Crippen LogP) is 2.92. The maximum absolute atomic E-state index is 12.8. The number of nitrogens with one attached hydrogen (secondary N) is 2. The van der Waals surface area contributed by atoms with Crippen LogP contribution in [0.1, 0.15) is 23.1 Å². The Balaban J connectivity index is 1.93. The molecule has 3 heterocycles. The fourth-order valence-electron chi connectivity index (χ4n) is 2.45. The van der Waals surface area contributed by atoms with Gasteiger partial charge >= 0.3 is 6.18 Å². The number of aromatic nitrogens is 4. The number of aryl methyl sites for hydroxylation is 1. The Morgan fingerprint density at radius 1 is 1.22 bits per heavy atom. The molecule has 10 heteroatoms. The first-order chi connectivity index (χ1) is 12.8. The molecular formula is C17H14F3N5O2. The number of carbonyl (C=O) groups is 1. The number of halogens is 3. The number of carbonyl (C=O) groups excluding carboxylic acids is 1. The molecule has 0 saturated carbocycles. The van der Waals surface area contributed by atoms with Crippen LogP contribution in [0.5, 0.6) is 0 Å². The first kappa shape index (κ1) is 18.4. The van der Waals surface area contributed by atoms with Gasteiger partial charge in [0.15, 0.2) is 5.69 Å². The molecule has 0 spiro atoms. The van der Waals surface area contributed by atoms with Crippen molar-refractivity contribution in [3.8, 4) is 11.1 Å². The molecule has 0 fully saturated rings. The molecule has 0 aliphatic carbocycles. The normalized spacial score (nSPS) is 11.4. The van der Waals surface area contributed by atoms with E-state index in [0.29, 0.717) is 11.6 Å². The summed E-state index contributed by atoms with van der Waals surface area (Å²) in [7, 11) is 0. The summed E-state index contributed by atoms with van der Waals surface area (Å²) < 4.78 is 39.5. The van der Waals surface area contributed by atoms with Gasteiger partial charge in [-0.15, -0.1) is 0 Å². The minimum absolute atomic E-state index is 0.0618. The third-order valence-corrected chi connectivity index (χ3v) is 3.77. The molecule has 27 heavy (non-hydrogen) atoms. The second kappa shape index (κ2) is 7.06. The fraction of sp³-hybridized carbons (Fsp3) is 0.176. The monoisotopic (exact) mass is 377 g/mol. The lowest BCUT2D eigenvalue weighted by atomic mass is 10.1. The molecule has 2 N–H and O–H groups in total. The van der Waals surface area contributed by atoms with Crippen LogP contribution in [-0.2, 0) is 12.7 Å². The summed E-state index contributed by atoms with van der Waals surface area (Å²) in [5.41, 5.74) is -0.791. The number of anilines is 1. The lowest BCUT2D eigenvalue weighted by Crippen LogP contribution is -2.22. The van der Waals surface area contributed by atoms with E-state index in [9.17, 15) is 22.8 Å². The van der Waals surface area contributed by atoms with Gasteiger partial charge in [0.2, 0.25) is 0 Å². The van der Waals surface area contributed by atoms with E-state index < -0.39 is 23.3 Å². The molecule has 0 aliphatic rings. The molecule has 0 radical (unpaired) electrons. The van der Waals surface area contributed by atoms with Crippen molar-refractivity contribution in [2.45, 2.75) is 19.6 Å². The van der Waals surface area contributed by atoms with Gasteiger partial charge in [-0.2, -0.15) is 18.3 Å². The van der Waals surface area contributed by atoms with Gasteiger partial charge in [-0.1, -0.05) is 0 Å². The average Bonchev–Trinajstić information content (AvgIpc) is 3.09. The molecule has 7 nitrogen and oxygen atoms in total. The zero-order chi connectivity index (χ0) is 19.6. The number of alkyl halides is 3. The number of aromatic amines is 1. The van der Waals surface area contributed by atoms with Crippen LogP contribution in [0.2, 0.25) is 0 Å². The number of hydrogen-bond acceptors (Lipinski definition) is 4. The van der Waals surface area contributed by atoms with E-state index in [1.807, 2.05) is 0 Å². The van der Waals surface area contributed by atoms with Crippen molar-refractivity contribution in [2.24, 2.45) is 0 Å². The molecule has 140 valence electrons. The van der Waals surface area contributed by atoms with Crippen LogP contribution in [0.3, 0.4) is 0 Å². The molecule has 3 aromatic rings. The Labute approximate surface area is 150 Å². The smallest absolute Gasteiger partial charge is 0.327 e. The molecule has 0 saturated heterocycles. The zero-order valence-corrected chi connectivity index (χ0v) is 14.0. The second-order valence-electron chi connectivity index (χ2n) is 5.55. The van der Waals surface area contributed by atoms with Gasteiger partial charge in [0.05, 0.1) is 0 Å². The molecule has 3 aromatic heterocycles. The largest absolute Gasteiger partial charge is 0.435 e. The van der Waals surface area contributed by atoms with Crippen molar-refractivity contribution in [1.29, 1.82) is 0 Å². The van der Waals surface area contributed by atoms with E-state index in [1.54, 1.807) is 31.5 Å². The number of H-pyrrole nitrogens is 1. The van der Waals surface area contributed by atoms with Crippen LogP contribution < -0.4 is 10.9 Å². The summed E-state index contributed by atoms with van der Waals surface area (Å²) in [5, 5.41) is 5.74. The maximum Gasteiger partial charge on any atom is 0.435 e. The first-order valence-corrected chi connectivity index (χ1v) is 7.89. The van der Waals surface area contributed by atoms with Crippen molar-refractivity contribution in [1.82, 2.24) is 19.7 Å². The van der Waals surface area contributed by atoms with Gasteiger partial charge in [-0.25, -0.2) is 0 Å². The van der Waals surface area contributed by atoms with Crippen molar-refractivity contribution in [2.75, 3.05) is 5.32 Å². The maximum atomic E-state index is 12.8. The van der Waals surface area contributed by atoms with Gasteiger partial charge in [0.25, 0.3) is 11.5 Å². The first-order valence-electron chi connectivity index (χ1n) is 7.89. The highest BCUT2D eigenvalue weighted by atomic mass is 19.4. The number of rotatable bonds is 4. The van der Waals surface area contributed by atoms with Crippen LogP contribution in [0.25, 0.3) is 11.1 Å². The molecule has 0 unspecified atom stereocenters. The van der Waals surface area contributed by atoms with Crippen LogP contribution in [0, 0.1) is 0 Å². The summed E-state index contributed by atoms with van der Waals surface area (Å²) in [6.07, 6.45) is -0.0755. The van der Waals surface area contributed by atoms with Crippen molar-refractivity contribution < 1.29 is 18.0 Å². The topological polar surface area (TPSA) is 92.7 Å². The highest BCUT2D eigenvalue weighted by Gasteiger charge is 2.35. The Morgan fingerprint density at radius 2 is 1.93 bits per heavy atom. The van der Waals surface area contributed by atoms with Crippen LogP contribution >= 0.6 is 0 Å². The van der Waals surface area contributed by atoms with E-state index in [-0.39, 0.29) is 17.9 Å². The minimum atomic E-state index is -4.67. The standard InChI is InChI=1S/C17H14F3N5O2/c1-2-25-13(8-14(24-25)17(18,19)20)16(27)23-12-7-11(9-22-15(12)26)10-3-5-21-6-4-10/h3-9H,2H2,1H3,(H,22,26)(H,23,27). The summed E-state index contributed by atoms with van der Waals surface area (Å²) >= 11 is 0. The lowest BCUT2D eigenvalue weighted by Gasteiger charge is -2.08. The van der Waals surface area contributed by atoms with Crippen molar-refractivity contribution in [3.63, 3.8) is 0 Å². The molecule has 0 aromatic carbocycles. The number of amides is 1. The minimum Gasteiger partial charge on any atom is -0.327 e. The SMILES string of the molecule is CCn1nc(C(F)(F)F)cc1C(=O)Nc1cc(-c2ccncc2)c[nH]c1=O. The van der Waals surface area contributed by atoms with Crippen molar-refractivity contribution in [3.05, 3.63) is 64.6 Å². The summed E-state index contributed by atoms with van der Waals surface area (Å²) in [6, 6.07) is 5.51. The lowest BCUT2D eigenvalue weighted by molar-refractivity contribution is -0.141. The predicted molar refractivity (Wildman–Crippen MR) is 91.1 cm³/mol. The molecule has 1 amide bonds. The Bertz CT molecular complexity index is 1030. The van der Waals surface area contributed by atoms with E-state index >= 15 is 0 Å². The zero-order valence-electron chi connectivity index (χ0n) is 14.0. The van der Waals surface area contributed by atoms with Gasteiger partial charge in [0.1, 0.15) is 11.4 Å². The van der Waals surface area contributed by atoms with E-state index in [4.69, 9.17) is 0 Å². The number of nitrogens with zero attached hydrogens (tertiary/aromatic N) is 3. The second-order valence-corrected chi connectivity index (χ2v) is 5.55. The van der Waals surface area contributed by atoms with Crippen molar-refractivity contribution >= 4 is 11.6 Å². The van der Waals surface area contributed by atoms with E-state index in [2.05, 4.69) is 20.4 Å². The Hall–Kier alpha value is -3.43. The average molecular weight is 377 g/mol. The quantitative estimate of drug-likeness (QED) is 0.731. The van der Waals surface area contributed by atoms with Gasteiger partial charge in [-0.3, -0.25) is 19.3 Å². The van der Waals surface area contributed by atoms with Gasteiger partial charge < -0.3 is 10.3 Å². The van der Waals surface area contributed by atoms with Crippen LogP contribution in [0.15, 0.2) is 47.7 Å². The highest BCUT2D eigenvalue weighted by molar-refractivity contribution is 6.03. The summed E-state index contributed by atoms with van der Waals surface area (Å²) in [5.74, 6) is -0.864. The molecule has 0 bridgehead atoms. The third-order valence-electron chi connectivity index (χ3n) is 3.77. The number of hydrogen-bond donors (Lipinski definition) is 2.